The van der Waals surface area contributed by atoms with Gasteiger partial charge in [0.2, 0.25) is 5.91 Å². The summed E-state index contributed by atoms with van der Waals surface area (Å²) in [6.07, 6.45) is 8.27. The minimum absolute atomic E-state index is 0.0720. The summed E-state index contributed by atoms with van der Waals surface area (Å²) >= 11 is 0. The van der Waals surface area contributed by atoms with Gasteiger partial charge in [-0.15, -0.1) is 6.58 Å². The fraction of sp³-hybridized carbons (Fsp3) is 0.385. The van der Waals surface area contributed by atoms with Crippen LogP contribution in [0.3, 0.4) is 0 Å². The Bertz CT molecular complexity index is 1070. The molecule has 0 bridgehead atoms. The highest BCUT2D eigenvalue weighted by molar-refractivity contribution is 6.21. The van der Waals surface area contributed by atoms with Crippen molar-refractivity contribution in [3.05, 3.63) is 66.1 Å². The van der Waals surface area contributed by atoms with Crippen molar-refractivity contribution in [3.8, 4) is 0 Å². The van der Waals surface area contributed by atoms with E-state index in [1.807, 2.05) is 12.1 Å². The van der Waals surface area contributed by atoms with Crippen molar-refractivity contribution in [1.82, 2.24) is 15.1 Å². The van der Waals surface area contributed by atoms with Crippen LogP contribution in [-0.4, -0.2) is 33.3 Å². The van der Waals surface area contributed by atoms with Crippen LogP contribution in [0.5, 0.6) is 0 Å². The van der Waals surface area contributed by atoms with Crippen LogP contribution in [0.15, 0.2) is 54.9 Å². The zero-order valence-electron chi connectivity index (χ0n) is 19.9. The molecule has 3 rings (SSSR count). The molecule has 5 N–H and O–H groups in total. The predicted molar refractivity (Wildman–Crippen MR) is 136 cm³/mol. The molecule has 8 nitrogen and oxygen atoms in total. The van der Waals surface area contributed by atoms with E-state index in [-0.39, 0.29) is 17.7 Å². The van der Waals surface area contributed by atoms with Gasteiger partial charge in [-0.25, -0.2) is 0 Å². The molecule has 1 atom stereocenters. The summed E-state index contributed by atoms with van der Waals surface area (Å²) in [5.74, 6) is -0.491. The molecule has 0 aliphatic heterocycles. The normalized spacial score (nSPS) is 15.7. The summed E-state index contributed by atoms with van der Waals surface area (Å²) in [4.78, 5) is 26.4. The lowest BCUT2D eigenvalue weighted by Gasteiger charge is -2.30. The number of carbonyl (C=O) groups is 2. The predicted octanol–water partition coefficient (Wildman–Crippen LogP) is 4.12. The monoisotopic (exact) mass is 462 g/mol. The molecule has 0 spiro atoms. The van der Waals surface area contributed by atoms with E-state index in [1.165, 1.54) is 0 Å². The van der Waals surface area contributed by atoms with Gasteiger partial charge in [-0.2, -0.15) is 5.10 Å². The Morgan fingerprint density at radius 3 is 2.47 bits per heavy atom. The molecule has 1 aliphatic rings. The van der Waals surface area contributed by atoms with Crippen LogP contribution in [0, 0.1) is 11.3 Å². The first kappa shape index (κ1) is 25.0. The van der Waals surface area contributed by atoms with Crippen molar-refractivity contribution in [3.63, 3.8) is 0 Å². The molecule has 1 fully saturated rings. The average Bonchev–Trinajstić information content (AvgIpc) is 3.27. The molecule has 1 heterocycles. The summed E-state index contributed by atoms with van der Waals surface area (Å²) in [6.45, 7) is 7.58. The van der Waals surface area contributed by atoms with E-state index in [0.29, 0.717) is 34.9 Å². The summed E-state index contributed by atoms with van der Waals surface area (Å²) in [5.41, 5.74) is 9.42. The average molecular weight is 463 g/mol. The van der Waals surface area contributed by atoms with Crippen LogP contribution < -0.4 is 16.4 Å². The van der Waals surface area contributed by atoms with Gasteiger partial charge in [-0.05, 0) is 56.4 Å². The fourth-order valence-corrected chi connectivity index (χ4v) is 4.55. The third-order valence-corrected chi connectivity index (χ3v) is 6.15. The Balaban J connectivity index is 1.78. The topological polar surface area (TPSA) is 126 Å². The number of rotatable bonds is 9. The zero-order chi connectivity index (χ0) is 24.7. The lowest BCUT2D eigenvalue weighted by molar-refractivity contribution is -0.119. The SMILES string of the molecule is C=CCn1nccc1C(=O)NC(C(=O)Nc1ccc(/C(C(C)=N)=C(\C)N)cc1)C1CCCCC1. The third kappa shape index (κ3) is 6.01. The van der Waals surface area contributed by atoms with Gasteiger partial charge >= 0.3 is 0 Å². The molecule has 1 aromatic heterocycles. The molecule has 8 heteroatoms. The van der Waals surface area contributed by atoms with Crippen LogP contribution in [0.2, 0.25) is 0 Å². The highest BCUT2D eigenvalue weighted by atomic mass is 16.2. The number of allylic oxidation sites excluding steroid dienone is 3. The first-order valence-electron chi connectivity index (χ1n) is 11.7. The van der Waals surface area contributed by atoms with E-state index < -0.39 is 6.04 Å². The second-order valence-electron chi connectivity index (χ2n) is 8.79. The van der Waals surface area contributed by atoms with E-state index in [9.17, 15) is 9.59 Å². The number of amides is 2. The Morgan fingerprint density at radius 2 is 1.88 bits per heavy atom. The van der Waals surface area contributed by atoms with Crippen molar-refractivity contribution in [2.24, 2.45) is 11.7 Å². The third-order valence-electron chi connectivity index (χ3n) is 6.15. The molecule has 1 aliphatic carbocycles. The molecular formula is C26H34N6O2. The number of nitrogens with zero attached hydrogens (tertiary/aromatic N) is 2. The minimum atomic E-state index is -0.648. The zero-order valence-corrected chi connectivity index (χ0v) is 19.9. The van der Waals surface area contributed by atoms with Crippen molar-refractivity contribution in [2.75, 3.05) is 5.32 Å². The van der Waals surface area contributed by atoms with Crippen molar-refractivity contribution < 1.29 is 9.59 Å². The molecular weight excluding hydrogens is 428 g/mol. The molecule has 1 saturated carbocycles. The van der Waals surface area contributed by atoms with Gasteiger partial charge in [-0.1, -0.05) is 37.5 Å². The van der Waals surface area contributed by atoms with E-state index >= 15 is 0 Å². The Hall–Kier alpha value is -3.68. The Kier molecular flexibility index (Phi) is 8.40. The second kappa shape index (κ2) is 11.4. The first-order valence-corrected chi connectivity index (χ1v) is 11.7. The highest BCUT2D eigenvalue weighted by Gasteiger charge is 2.32. The molecule has 0 radical (unpaired) electrons. The standard InChI is InChI=1S/C26H34N6O2/c1-4-16-32-22(14-15-29-32)25(33)31-24(20-8-6-5-7-9-20)26(34)30-21-12-10-19(11-13-21)23(17(2)27)18(3)28/h4,10-15,20,24,27H,1,5-9,16,28H2,2-3H3,(H,30,34)(H,31,33)/b23-18+,27-17?. The summed E-state index contributed by atoms with van der Waals surface area (Å²) < 4.78 is 1.56. The molecule has 0 saturated heterocycles. The van der Waals surface area contributed by atoms with E-state index in [2.05, 4.69) is 22.3 Å². The van der Waals surface area contributed by atoms with Gasteiger partial charge in [0.05, 0.1) is 6.54 Å². The first-order chi connectivity index (χ1) is 16.3. The van der Waals surface area contributed by atoms with Gasteiger partial charge in [0.25, 0.3) is 5.91 Å². The van der Waals surface area contributed by atoms with Gasteiger partial charge in [0.1, 0.15) is 11.7 Å². The number of nitrogens with two attached hydrogens (primary N) is 1. The molecule has 1 unspecified atom stereocenters. The summed E-state index contributed by atoms with van der Waals surface area (Å²) in [6, 6.07) is 8.24. The minimum Gasteiger partial charge on any atom is -0.402 e. The number of anilines is 1. The summed E-state index contributed by atoms with van der Waals surface area (Å²) in [5, 5.41) is 18.1. The summed E-state index contributed by atoms with van der Waals surface area (Å²) in [7, 11) is 0. The van der Waals surface area contributed by atoms with Crippen LogP contribution in [0.4, 0.5) is 5.69 Å². The van der Waals surface area contributed by atoms with E-state index in [0.717, 1.165) is 37.7 Å². The quantitative estimate of drug-likeness (QED) is 0.330. The number of hydrogen-bond donors (Lipinski definition) is 4. The van der Waals surface area contributed by atoms with Crippen LogP contribution in [0.25, 0.3) is 5.57 Å². The van der Waals surface area contributed by atoms with Crippen LogP contribution >= 0.6 is 0 Å². The van der Waals surface area contributed by atoms with E-state index in [4.69, 9.17) is 11.1 Å². The molecule has 2 amide bonds. The highest BCUT2D eigenvalue weighted by Crippen LogP contribution is 2.28. The molecule has 2 aromatic rings. The smallest absolute Gasteiger partial charge is 0.270 e. The largest absolute Gasteiger partial charge is 0.402 e. The Morgan fingerprint density at radius 1 is 1.21 bits per heavy atom. The van der Waals surface area contributed by atoms with E-state index in [1.54, 1.807) is 49.0 Å². The maximum Gasteiger partial charge on any atom is 0.270 e. The van der Waals surface area contributed by atoms with Crippen molar-refractivity contribution in [1.29, 1.82) is 5.41 Å². The van der Waals surface area contributed by atoms with Gasteiger partial charge in [0, 0.05) is 28.9 Å². The number of carbonyl (C=O) groups excluding carboxylic acids is 2. The maximum absolute atomic E-state index is 13.3. The molecule has 34 heavy (non-hydrogen) atoms. The Labute approximate surface area is 200 Å². The number of hydrogen-bond acceptors (Lipinski definition) is 5. The number of benzene rings is 1. The molecule has 180 valence electrons. The maximum atomic E-state index is 13.3. The van der Waals surface area contributed by atoms with Gasteiger partial charge in [-0.3, -0.25) is 14.3 Å². The number of nitrogens with one attached hydrogen (secondary N) is 3. The van der Waals surface area contributed by atoms with Crippen molar-refractivity contribution >= 4 is 28.8 Å². The molecule has 1 aromatic carbocycles. The van der Waals surface area contributed by atoms with Crippen LogP contribution in [0.1, 0.15) is 62.0 Å². The fourth-order valence-electron chi connectivity index (χ4n) is 4.55. The van der Waals surface area contributed by atoms with Crippen LogP contribution in [-0.2, 0) is 11.3 Å². The lowest BCUT2D eigenvalue weighted by Crippen LogP contribution is -2.49. The second-order valence-corrected chi connectivity index (χ2v) is 8.79. The lowest BCUT2D eigenvalue weighted by atomic mass is 9.83. The van der Waals surface area contributed by atoms with Crippen molar-refractivity contribution in [2.45, 2.75) is 58.5 Å². The van der Waals surface area contributed by atoms with Gasteiger partial charge in [0.15, 0.2) is 0 Å². The van der Waals surface area contributed by atoms with Gasteiger partial charge < -0.3 is 21.8 Å². The number of aromatic nitrogens is 2.